The van der Waals surface area contributed by atoms with Crippen LogP contribution < -0.4 is 5.32 Å². The van der Waals surface area contributed by atoms with Crippen LogP contribution in [0, 0.1) is 0 Å². The summed E-state index contributed by atoms with van der Waals surface area (Å²) in [6.07, 6.45) is 2.50. The average Bonchev–Trinajstić information content (AvgIpc) is 2.66. The number of aliphatic carboxylic acids is 1. The standard InChI is InChI=1S/C22H27NO3/c1-3-16-8-12-18(13-9-16)22(19-14-10-17(4-2)11-15-19)23-20(24)6-5-7-21(25)26/h8-15,22H,3-7H2,1-2H3,(H,23,24)(H,25,26). The van der Waals surface area contributed by atoms with E-state index in [1.165, 1.54) is 11.1 Å². The van der Waals surface area contributed by atoms with Crippen molar-refractivity contribution < 1.29 is 14.7 Å². The molecule has 4 nitrogen and oxygen atoms in total. The second kappa shape index (κ2) is 9.76. The Morgan fingerprint density at radius 3 is 1.69 bits per heavy atom. The average molecular weight is 353 g/mol. The maximum atomic E-state index is 12.3. The van der Waals surface area contributed by atoms with Crippen LogP contribution in [0.5, 0.6) is 0 Å². The molecule has 1 amide bonds. The van der Waals surface area contributed by atoms with Gasteiger partial charge in [0.1, 0.15) is 0 Å². The first-order chi connectivity index (χ1) is 12.5. The van der Waals surface area contributed by atoms with Gasteiger partial charge in [0, 0.05) is 12.8 Å². The summed E-state index contributed by atoms with van der Waals surface area (Å²) in [6, 6.07) is 16.3. The molecule has 4 heteroatoms. The Labute approximate surface area is 155 Å². The fourth-order valence-corrected chi connectivity index (χ4v) is 2.88. The van der Waals surface area contributed by atoms with E-state index >= 15 is 0 Å². The molecule has 2 aromatic rings. The number of rotatable bonds is 9. The third-order valence-corrected chi connectivity index (χ3v) is 4.54. The van der Waals surface area contributed by atoms with Gasteiger partial charge in [0.05, 0.1) is 6.04 Å². The van der Waals surface area contributed by atoms with E-state index in [4.69, 9.17) is 5.11 Å². The topological polar surface area (TPSA) is 66.4 Å². The number of hydrogen-bond donors (Lipinski definition) is 2. The molecule has 2 rings (SSSR count). The van der Waals surface area contributed by atoms with Crippen molar-refractivity contribution in [2.24, 2.45) is 0 Å². The molecule has 0 aromatic heterocycles. The molecular weight excluding hydrogens is 326 g/mol. The summed E-state index contributed by atoms with van der Waals surface area (Å²) < 4.78 is 0. The van der Waals surface area contributed by atoms with Crippen molar-refractivity contribution in [2.45, 2.75) is 52.0 Å². The Kier molecular flexibility index (Phi) is 7.39. The van der Waals surface area contributed by atoms with Crippen molar-refractivity contribution >= 4 is 11.9 Å². The van der Waals surface area contributed by atoms with Gasteiger partial charge in [0.25, 0.3) is 0 Å². The number of benzene rings is 2. The van der Waals surface area contributed by atoms with Gasteiger partial charge in [-0.3, -0.25) is 9.59 Å². The maximum Gasteiger partial charge on any atom is 0.303 e. The highest BCUT2D eigenvalue weighted by atomic mass is 16.4. The van der Waals surface area contributed by atoms with Gasteiger partial charge in [0.15, 0.2) is 0 Å². The zero-order valence-electron chi connectivity index (χ0n) is 15.5. The van der Waals surface area contributed by atoms with E-state index in [1.54, 1.807) is 0 Å². The summed E-state index contributed by atoms with van der Waals surface area (Å²) in [5.41, 5.74) is 4.55. The molecule has 0 aliphatic heterocycles. The van der Waals surface area contributed by atoms with Crippen molar-refractivity contribution in [3.63, 3.8) is 0 Å². The Bertz CT molecular complexity index is 673. The van der Waals surface area contributed by atoms with Crippen LogP contribution in [0.2, 0.25) is 0 Å². The summed E-state index contributed by atoms with van der Waals surface area (Å²) in [5.74, 6) is -1.00. The third kappa shape index (κ3) is 5.73. The summed E-state index contributed by atoms with van der Waals surface area (Å²) >= 11 is 0. The molecule has 2 N–H and O–H groups in total. The highest BCUT2D eigenvalue weighted by Gasteiger charge is 2.17. The van der Waals surface area contributed by atoms with E-state index in [0.29, 0.717) is 6.42 Å². The minimum absolute atomic E-state index is 0.00841. The lowest BCUT2D eigenvalue weighted by atomic mass is 9.96. The van der Waals surface area contributed by atoms with Gasteiger partial charge in [-0.1, -0.05) is 62.4 Å². The Balaban J connectivity index is 2.19. The number of carboxylic acids is 1. The van der Waals surface area contributed by atoms with Crippen LogP contribution in [0.15, 0.2) is 48.5 Å². The number of carboxylic acid groups (broad SMARTS) is 1. The minimum Gasteiger partial charge on any atom is -0.481 e. The van der Waals surface area contributed by atoms with E-state index in [2.05, 4.69) is 67.7 Å². The smallest absolute Gasteiger partial charge is 0.303 e. The summed E-state index contributed by atoms with van der Waals surface area (Å²) in [5, 5.41) is 11.8. The molecule has 0 fully saturated rings. The number of amides is 1. The molecule has 0 spiro atoms. The first-order valence-corrected chi connectivity index (χ1v) is 9.22. The zero-order chi connectivity index (χ0) is 18.9. The van der Waals surface area contributed by atoms with Crippen LogP contribution in [-0.4, -0.2) is 17.0 Å². The van der Waals surface area contributed by atoms with E-state index in [1.807, 2.05) is 0 Å². The summed E-state index contributed by atoms with van der Waals surface area (Å²) in [6.45, 7) is 4.22. The van der Waals surface area contributed by atoms with Gasteiger partial charge in [-0.15, -0.1) is 0 Å². The van der Waals surface area contributed by atoms with Crippen molar-refractivity contribution in [3.05, 3.63) is 70.8 Å². The minimum atomic E-state index is -0.875. The molecule has 0 heterocycles. The lowest BCUT2D eigenvalue weighted by Gasteiger charge is -2.20. The summed E-state index contributed by atoms with van der Waals surface area (Å²) in [4.78, 5) is 23.0. The third-order valence-electron chi connectivity index (χ3n) is 4.54. The predicted molar refractivity (Wildman–Crippen MR) is 103 cm³/mol. The van der Waals surface area contributed by atoms with Gasteiger partial charge in [-0.2, -0.15) is 0 Å². The monoisotopic (exact) mass is 353 g/mol. The fraction of sp³-hybridized carbons (Fsp3) is 0.364. The molecule has 0 saturated heterocycles. The van der Waals surface area contributed by atoms with Crippen molar-refractivity contribution in [1.82, 2.24) is 5.32 Å². The molecular formula is C22H27NO3. The Morgan fingerprint density at radius 2 is 1.31 bits per heavy atom. The predicted octanol–water partition coefficient (Wildman–Crippen LogP) is 4.27. The van der Waals surface area contributed by atoms with Gasteiger partial charge < -0.3 is 10.4 Å². The number of nitrogens with one attached hydrogen (secondary N) is 1. The molecule has 0 aliphatic rings. The van der Waals surface area contributed by atoms with E-state index in [-0.39, 0.29) is 24.8 Å². The van der Waals surface area contributed by atoms with Crippen LogP contribution >= 0.6 is 0 Å². The van der Waals surface area contributed by atoms with Gasteiger partial charge >= 0.3 is 5.97 Å². The van der Waals surface area contributed by atoms with Crippen LogP contribution in [0.25, 0.3) is 0 Å². The van der Waals surface area contributed by atoms with Gasteiger partial charge in [0.2, 0.25) is 5.91 Å². The lowest BCUT2D eigenvalue weighted by Crippen LogP contribution is -2.29. The number of aryl methyl sites for hydroxylation is 2. The zero-order valence-corrected chi connectivity index (χ0v) is 15.5. The van der Waals surface area contributed by atoms with E-state index < -0.39 is 5.97 Å². The first-order valence-electron chi connectivity index (χ1n) is 9.22. The van der Waals surface area contributed by atoms with Crippen LogP contribution in [0.1, 0.15) is 61.4 Å². The van der Waals surface area contributed by atoms with Crippen molar-refractivity contribution in [2.75, 3.05) is 0 Å². The molecule has 0 bridgehead atoms. The molecule has 2 aromatic carbocycles. The molecule has 26 heavy (non-hydrogen) atoms. The van der Waals surface area contributed by atoms with E-state index in [0.717, 1.165) is 24.0 Å². The van der Waals surface area contributed by atoms with Gasteiger partial charge in [-0.05, 0) is 41.5 Å². The number of carbonyl (C=O) groups excluding carboxylic acids is 1. The van der Waals surface area contributed by atoms with Crippen molar-refractivity contribution in [1.29, 1.82) is 0 Å². The highest BCUT2D eigenvalue weighted by molar-refractivity contribution is 5.77. The number of hydrogen-bond acceptors (Lipinski definition) is 2. The number of carbonyl (C=O) groups is 2. The van der Waals surface area contributed by atoms with E-state index in [9.17, 15) is 9.59 Å². The first kappa shape index (κ1) is 19.7. The molecule has 0 saturated carbocycles. The largest absolute Gasteiger partial charge is 0.481 e. The Hall–Kier alpha value is -2.62. The second-order valence-corrected chi connectivity index (χ2v) is 6.44. The van der Waals surface area contributed by atoms with Crippen LogP contribution in [0.3, 0.4) is 0 Å². The molecule has 0 aliphatic carbocycles. The lowest BCUT2D eigenvalue weighted by molar-refractivity contribution is -0.137. The fourth-order valence-electron chi connectivity index (χ4n) is 2.88. The SMILES string of the molecule is CCc1ccc(C(NC(=O)CCCC(=O)O)c2ccc(CC)cc2)cc1. The molecule has 0 atom stereocenters. The normalized spacial score (nSPS) is 10.7. The van der Waals surface area contributed by atoms with Crippen LogP contribution in [-0.2, 0) is 22.4 Å². The van der Waals surface area contributed by atoms with Crippen LogP contribution in [0.4, 0.5) is 0 Å². The van der Waals surface area contributed by atoms with Gasteiger partial charge in [-0.25, -0.2) is 0 Å². The molecule has 138 valence electrons. The summed E-state index contributed by atoms with van der Waals surface area (Å²) in [7, 11) is 0. The van der Waals surface area contributed by atoms with Crippen molar-refractivity contribution in [3.8, 4) is 0 Å². The molecule has 0 radical (unpaired) electrons. The highest BCUT2D eigenvalue weighted by Crippen LogP contribution is 2.24. The maximum absolute atomic E-state index is 12.3. The second-order valence-electron chi connectivity index (χ2n) is 6.44. The Morgan fingerprint density at radius 1 is 0.846 bits per heavy atom. The quantitative estimate of drug-likeness (QED) is 0.707. The molecule has 0 unspecified atom stereocenters.